The largest absolute Gasteiger partial charge is 0.395 e. The molecule has 0 saturated carbocycles. The van der Waals surface area contributed by atoms with Gasteiger partial charge in [0.2, 0.25) is 10.0 Å². The minimum absolute atomic E-state index is 0.0613. The van der Waals surface area contributed by atoms with E-state index in [4.69, 9.17) is 5.11 Å². The summed E-state index contributed by atoms with van der Waals surface area (Å²) in [4.78, 5) is 0.239. The first-order valence-electron chi connectivity index (χ1n) is 6.55. The fourth-order valence-corrected chi connectivity index (χ4v) is 3.36. The molecule has 0 radical (unpaired) electrons. The second-order valence-electron chi connectivity index (χ2n) is 4.43. The number of aliphatic hydroxyl groups excluding tert-OH is 1. The van der Waals surface area contributed by atoms with Gasteiger partial charge in [-0.1, -0.05) is 13.0 Å². The molecule has 0 aliphatic rings. The van der Waals surface area contributed by atoms with Gasteiger partial charge in [-0.25, -0.2) is 8.42 Å². The molecular weight excluding hydrogens is 278 g/mol. The molecule has 20 heavy (non-hydrogen) atoms. The summed E-state index contributed by atoms with van der Waals surface area (Å²) in [6, 6.07) is 1.66. The summed E-state index contributed by atoms with van der Waals surface area (Å²) >= 11 is 0. The molecule has 0 aromatic carbocycles. The van der Waals surface area contributed by atoms with Crippen LogP contribution in [-0.2, 0) is 23.6 Å². The molecule has 1 aromatic heterocycles. The topological polar surface area (TPSA) is 74.6 Å². The van der Waals surface area contributed by atoms with Gasteiger partial charge in [-0.3, -0.25) is 0 Å². The second kappa shape index (κ2) is 7.58. The number of rotatable bonds is 9. The Balaban J connectivity index is 3.04. The molecule has 1 aromatic rings. The molecule has 0 aliphatic carbocycles. The first-order valence-corrected chi connectivity index (χ1v) is 7.99. The van der Waals surface area contributed by atoms with E-state index in [2.05, 4.69) is 11.9 Å². The molecule has 6 nitrogen and oxygen atoms in total. The third-order valence-electron chi connectivity index (χ3n) is 2.96. The molecule has 114 valence electrons. The van der Waals surface area contributed by atoms with Gasteiger partial charge in [0.15, 0.2) is 0 Å². The van der Waals surface area contributed by atoms with E-state index in [1.807, 2.05) is 14.0 Å². The normalized spacial score (nSPS) is 12.0. The van der Waals surface area contributed by atoms with E-state index < -0.39 is 10.0 Å². The summed E-state index contributed by atoms with van der Waals surface area (Å²) in [6.45, 7) is 7.00. The van der Waals surface area contributed by atoms with Crippen LogP contribution in [0, 0.1) is 0 Å². The predicted octanol–water partition coefficient (Wildman–Crippen LogP) is 0.304. The van der Waals surface area contributed by atoms with E-state index in [0.717, 1.165) is 12.2 Å². The van der Waals surface area contributed by atoms with Crippen LogP contribution in [0.1, 0.15) is 12.6 Å². The molecule has 1 rings (SSSR count). The third-order valence-corrected chi connectivity index (χ3v) is 4.79. The third kappa shape index (κ3) is 3.92. The molecule has 7 heteroatoms. The van der Waals surface area contributed by atoms with Crippen LogP contribution < -0.4 is 5.32 Å². The van der Waals surface area contributed by atoms with E-state index in [0.29, 0.717) is 6.54 Å². The van der Waals surface area contributed by atoms with E-state index in [1.54, 1.807) is 16.8 Å². The zero-order valence-corrected chi connectivity index (χ0v) is 12.9. The van der Waals surface area contributed by atoms with E-state index >= 15 is 0 Å². The molecule has 0 bridgehead atoms. The first-order chi connectivity index (χ1) is 9.47. The summed E-state index contributed by atoms with van der Waals surface area (Å²) in [6.07, 6.45) is 3.10. The fraction of sp³-hybridized carbons (Fsp3) is 0.538. The van der Waals surface area contributed by atoms with Crippen molar-refractivity contribution in [2.45, 2.75) is 18.4 Å². The average molecular weight is 301 g/mol. The molecule has 0 atom stereocenters. The Kier molecular flexibility index (Phi) is 6.41. The first kappa shape index (κ1) is 16.9. The molecule has 0 spiro atoms. The van der Waals surface area contributed by atoms with Gasteiger partial charge in [0.05, 0.1) is 6.61 Å². The molecular formula is C13H23N3O3S. The van der Waals surface area contributed by atoms with Gasteiger partial charge in [-0.15, -0.1) is 6.58 Å². The maximum absolute atomic E-state index is 12.5. The molecule has 2 N–H and O–H groups in total. The minimum atomic E-state index is -3.60. The van der Waals surface area contributed by atoms with Gasteiger partial charge in [0.25, 0.3) is 0 Å². The zero-order valence-electron chi connectivity index (χ0n) is 12.0. The van der Waals surface area contributed by atoms with Crippen LogP contribution >= 0.6 is 0 Å². The maximum atomic E-state index is 12.5. The van der Waals surface area contributed by atoms with E-state index in [9.17, 15) is 8.42 Å². The Bertz CT molecular complexity index is 537. The lowest BCUT2D eigenvalue weighted by atomic mass is 10.4. The van der Waals surface area contributed by atoms with Gasteiger partial charge in [-0.2, -0.15) is 4.31 Å². The van der Waals surface area contributed by atoms with E-state index in [-0.39, 0.29) is 24.6 Å². The van der Waals surface area contributed by atoms with Crippen LogP contribution in [0.4, 0.5) is 0 Å². The highest BCUT2D eigenvalue weighted by Gasteiger charge is 2.24. The van der Waals surface area contributed by atoms with Crippen molar-refractivity contribution >= 4 is 10.0 Å². The van der Waals surface area contributed by atoms with Crippen molar-refractivity contribution in [2.24, 2.45) is 7.05 Å². The minimum Gasteiger partial charge on any atom is -0.395 e. The van der Waals surface area contributed by atoms with Crippen LogP contribution in [0.2, 0.25) is 0 Å². The van der Waals surface area contributed by atoms with Crippen LogP contribution in [0.25, 0.3) is 0 Å². The van der Waals surface area contributed by atoms with E-state index in [1.165, 1.54) is 10.4 Å². The monoisotopic (exact) mass is 301 g/mol. The maximum Gasteiger partial charge on any atom is 0.244 e. The van der Waals surface area contributed by atoms with Gasteiger partial charge < -0.3 is 15.0 Å². The highest BCUT2D eigenvalue weighted by Crippen LogP contribution is 2.18. The van der Waals surface area contributed by atoms with Crippen LogP contribution in [0.5, 0.6) is 0 Å². The predicted molar refractivity (Wildman–Crippen MR) is 78.8 cm³/mol. The Morgan fingerprint density at radius 3 is 2.80 bits per heavy atom. The summed E-state index contributed by atoms with van der Waals surface area (Å²) in [7, 11) is -1.78. The summed E-state index contributed by atoms with van der Waals surface area (Å²) in [5.74, 6) is 0. The van der Waals surface area contributed by atoms with Gasteiger partial charge in [0, 0.05) is 38.6 Å². The van der Waals surface area contributed by atoms with Crippen LogP contribution in [-0.4, -0.2) is 48.6 Å². The highest BCUT2D eigenvalue weighted by atomic mass is 32.2. The lowest BCUT2D eigenvalue weighted by Crippen LogP contribution is -2.33. The molecule has 0 saturated heterocycles. The number of nitrogens with one attached hydrogen (secondary N) is 1. The van der Waals surface area contributed by atoms with Crippen molar-refractivity contribution in [3.8, 4) is 0 Å². The lowest BCUT2D eigenvalue weighted by Gasteiger charge is -2.18. The number of aromatic nitrogens is 1. The smallest absolute Gasteiger partial charge is 0.244 e. The van der Waals surface area contributed by atoms with Crippen molar-refractivity contribution < 1.29 is 13.5 Å². The van der Waals surface area contributed by atoms with Gasteiger partial charge in [-0.05, 0) is 12.6 Å². The van der Waals surface area contributed by atoms with Crippen molar-refractivity contribution in [1.82, 2.24) is 14.2 Å². The quantitative estimate of drug-likeness (QED) is 0.644. The van der Waals surface area contributed by atoms with Crippen molar-refractivity contribution in [2.75, 3.05) is 26.2 Å². The molecule has 0 fully saturated rings. The number of hydrogen-bond acceptors (Lipinski definition) is 4. The number of aliphatic hydroxyl groups is 1. The molecule has 0 unspecified atom stereocenters. The number of nitrogens with zero attached hydrogens (tertiary/aromatic N) is 2. The molecule has 1 heterocycles. The van der Waals surface area contributed by atoms with Gasteiger partial charge in [0.1, 0.15) is 4.90 Å². The summed E-state index contributed by atoms with van der Waals surface area (Å²) in [5.41, 5.74) is 0.896. The Labute approximate surface area is 120 Å². The van der Waals surface area contributed by atoms with Crippen molar-refractivity contribution in [3.63, 3.8) is 0 Å². The number of sulfonamides is 1. The van der Waals surface area contributed by atoms with Gasteiger partial charge >= 0.3 is 0 Å². The lowest BCUT2D eigenvalue weighted by molar-refractivity contribution is 0.260. The summed E-state index contributed by atoms with van der Waals surface area (Å²) < 4.78 is 28.0. The van der Waals surface area contributed by atoms with Crippen molar-refractivity contribution in [3.05, 3.63) is 30.6 Å². The zero-order chi connectivity index (χ0) is 15.2. The highest BCUT2D eigenvalue weighted by molar-refractivity contribution is 7.89. The Morgan fingerprint density at radius 1 is 1.55 bits per heavy atom. The Morgan fingerprint density at radius 2 is 2.25 bits per heavy atom. The molecule has 0 aliphatic heterocycles. The SMILES string of the molecule is C=CCN(CCO)S(=O)(=O)c1cc(CNCC)n(C)c1. The average Bonchev–Trinajstić information content (AvgIpc) is 2.78. The number of hydrogen-bond donors (Lipinski definition) is 2. The van der Waals surface area contributed by atoms with Crippen molar-refractivity contribution in [1.29, 1.82) is 0 Å². The van der Waals surface area contributed by atoms with Crippen LogP contribution in [0.15, 0.2) is 29.8 Å². The second-order valence-corrected chi connectivity index (χ2v) is 6.37. The fourth-order valence-electron chi connectivity index (χ4n) is 1.86. The summed E-state index contributed by atoms with van der Waals surface area (Å²) in [5, 5.41) is 12.2. The number of aryl methyl sites for hydroxylation is 1. The standard InChI is InChI=1S/C13H23N3O3S/c1-4-6-16(7-8-17)20(18,19)13-9-12(10-14-5-2)15(3)11-13/h4,9,11,14,17H,1,5-8,10H2,2-3H3. The van der Waals surface area contributed by atoms with Crippen LogP contribution in [0.3, 0.4) is 0 Å². The Hall–Kier alpha value is -1.15. The molecule has 0 amide bonds.